The van der Waals surface area contributed by atoms with Gasteiger partial charge in [-0.1, -0.05) is 42.1 Å². The Morgan fingerprint density at radius 3 is 2.34 bits per heavy atom. The number of piperazine rings is 1. The van der Waals surface area contributed by atoms with Crippen LogP contribution >= 0.6 is 11.8 Å². The predicted octanol–water partition coefficient (Wildman–Crippen LogP) is 5.46. The zero-order chi connectivity index (χ0) is 28.6. The first-order valence-corrected chi connectivity index (χ1v) is 14.6. The zero-order valence-corrected chi connectivity index (χ0v) is 23.7. The van der Waals surface area contributed by atoms with Gasteiger partial charge in [-0.2, -0.15) is 0 Å². The number of para-hydroxylation sites is 3. The second-order valence-electron chi connectivity index (χ2n) is 9.63. The first-order valence-electron chi connectivity index (χ1n) is 13.6. The summed E-state index contributed by atoms with van der Waals surface area (Å²) in [7, 11) is 1.68. The molecular formula is C30H32N6O4S. The SMILES string of the molecule is COc1ccccc1N1CCN(C(=O)CCCCSc2nnc(-c3ccc([N+](=O)[O-])cc3)n2-c2ccccc2)CC1. The molecule has 10 nitrogen and oxygen atoms in total. The quantitative estimate of drug-likeness (QED) is 0.101. The van der Waals surface area contributed by atoms with Gasteiger partial charge in [0.1, 0.15) is 5.75 Å². The monoisotopic (exact) mass is 572 g/mol. The topological polar surface area (TPSA) is 107 Å². The second kappa shape index (κ2) is 13.3. The number of aromatic nitrogens is 3. The molecule has 2 heterocycles. The molecule has 1 aliphatic rings. The number of hydrogen-bond donors (Lipinski definition) is 0. The number of hydrogen-bond acceptors (Lipinski definition) is 8. The van der Waals surface area contributed by atoms with Gasteiger partial charge in [0, 0.05) is 61.7 Å². The Kier molecular flexibility index (Phi) is 9.15. The van der Waals surface area contributed by atoms with E-state index in [1.165, 1.54) is 12.1 Å². The fourth-order valence-corrected chi connectivity index (χ4v) is 5.83. The average Bonchev–Trinajstić information content (AvgIpc) is 3.45. The fraction of sp³-hybridized carbons (Fsp3) is 0.300. The Labute approximate surface area is 243 Å². The van der Waals surface area contributed by atoms with E-state index in [0.717, 1.165) is 59.5 Å². The fourth-order valence-electron chi connectivity index (χ4n) is 4.88. The molecule has 0 radical (unpaired) electrons. The number of methoxy groups -OCH3 is 1. The number of ether oxygens (including phenoxy) is 1. The van der Waals surface area contributed by atoms with Gasteiger partial charge in [0.15, 0.2) is 11.0 Å². The van der Waals surface area contributed by atoms with Crippen molar-refractivity contribution in [1.29, 1.82) is 0 Å². The number of anilines is 1. The van der Waals surface area contributed by atoms with Gasteiger partial charge < -0.3 is 14.5 Å². The molecule has 0 bridgehead atoms. The van der Waals surface area contributed by atoms with Crippen LogP contribution in [0.2, 0.25) is 0 Å². The van der Waals surface area contributed by atoms with Crippen LogP contribution in [0.15, 0.2) is 84.0 Å². The molecule has 212 valence electrons. The van der Waals surface area contributed by atoms with Crippen LogP contribution in [0, 0.1) is 10.1 Å². The van der Waals surface area contributed by atoms with Crippen LogP contribution < -0.4 is 9.64 Å². The minimum atomic E-state index is -0.417. The first kappa shape index (κ1) is 28.2. The highest BCUT2D eigenvalue weighted by Crippen LogP contribution is 2.30. The van der Waals surface area contributed by atoms with Crippen LogP contribution in [0.1, 0.15) is 19.3 Å². The largest absolute Gasteiger partial charge is 0.495 e. The summed E-state index contributed by atoms with van der Waals surface area (Å²) in [5, 5.41) is 20.7. The maximum Gasteiger partial charge on any atom is 0.269 e. The Bertz CT molecular complexity index is 1470. The standard InChI is InChI=1S/C30H32N6O4S/c1-40-27-12-6-5-11-26(27)33-18-20-34(21-19-33)28(37)13-7-8-22-41-30-32-31-29(35(30)24-9-3-2-4-10-24)23-14-16-25(17-15-23)36(38)39/h2-6,9-12,14-17H,7-8,13,18-22H2,1H3. The number of amides is 1. The smallest absolute Gasteiger partial charge is 0.269 e. The summed E-state index contributed by atoms with van der Waals surface area (Å²) >= 11 is 1.59. The van der Waals surface area contributed by atoms with E-state index >= 15 is 0 Å². The molecule has 0 unspecified atom stereocenters. The van der Waals surface area contributed by atoms with Gasteiger partial charge >= 0.3 is 0 Å². The number of nitrogens with zero attached hydrogens (tertiary/aromatic N) is 6. The van der Waals surface area contributed by atoms with E-state index < -0.39 is 4.92 Å². The summed E-state index contributed by atoms with van der Waals surface area (Å²) in [5.41, 5.74) is 2.76. The van der Waals surface area contributed by atoms with Gasteiger partial charge in [0.05, 0.1) is 17.7 Å². The Morgan fingerprint density at radius 2 is 1.63 bits per heavy atom. The number of rotatable bonds is 11. The molecular weight excluding hydrogens is 540 g/mol. The lowest BCUT2D eigenvalue weighted by Crippen LogP contribution is -2.48. The van der Waals surface area contributed by atoms with Crippen LogP contribution in [-0.2, 0) is 4.79 Å². The van der Waals surface area contributed by atoms with Crippen LogP contribution in [0.5, 0.6) is 5.75 Å². The molecule has 0 aliphatic carbocycles. The van der Waals surface area contributed by atoms with Crippen molar-refractivity contribution in [3.05, 3.63) is 89.0 Å². The summed E-state index contributed by atoms with van der Waals surface area (Å²) in [5.74, 6) is 2.46. The van der Waals surface area contributed by atoms with Crippen LogP contribution in [0.25, 0.3) is 17.1 Å². The third-order valence-electron chi connectivity index (χ3n) is 7.06. The summed E-state index contributed by atoms with van der Waals surface area (Å²) < 4.78 is 7.46. The molecule has 1 aliphatic heterocycles. The van der Waals surface area contributed by atoms with Crippen molar-refractivity contribution in [3.8, 4) is 22.8 Å². The minimum Gasteiger partial charge on any atom is -0.495 e. The zero-order valence-electron chi connectivity index (χ0n) is 22.9. The van der Waals surface area contributed by atoms with Crippen molar-refractivity contribution in [3.63, 3.8) is 0 Å². The Morgan fingerprint density at radius 1 is 0.927 bits per heavy atom. The molecule has 5 rings (SSSR count). The van der Waals surface area contributed by atoms with Gasteiger partial charge in [-0.25, -0.2) is 0 Å². The van der Waals surface area contributed by atoms with Crippen molar-refractivity contribution in [2.45, 2.75) is 24.4 Å². The lowest BCUT2D eigenvalue weighted by molar-refractivity contribution is -0.384. The van der Waals surface area contributed by atoms with Crippen LogP contribution in [0.4, 0.5) is 11.4 Å². The lowest BCUT2D eigenvalue weighted by Gasteiger charge is -2.36. The van der Waals surface area contributed by atoms with Crippen molar-refractivity contribution >= 4 is 29.0 Å². The summed E-state index contributed by atoms with van der Waals surface area (Å²) in [4.78, 5) is 27.8. The maximum atomic E-state index is 12.9. The minimum absolute atomic E-state index is 0.0296. The number of carbonyl (C=O) groups excluding carboxylic acids is 1. The van der Waals surface area contributed by atoms with Gasteiger partial charge in [0.25, 0.3) is 5.69 Å². The van der Waals surface area contributed by atoms with E-state index in [0.29, 0.717) is 25.3 Å². The van der Waals surface area contributed by atoms with Gasteiger partial charge in [0.2, 0.25) is 5.91 Å². The second-order valence-corrected chi connectivity index (χ2v) is 10.7. The van der Waals surface area contributed by atoms with E-state index in [9.17, 15) is 14.9 Å². The van der Waals surface area contributed by atoms with Gasteiger partial charge in [-0.15, -0.1) is 10.2 Å². The lowest BCUT2D eigenvalue weighted by atomic mass is 10.2. The number of carbonyl (C=O) groups is 1. The maximum absolute atomic E-state index is 12.9. The highest BCUT2D eigenvalue weighted by Gasteiger charge is 2.23. The molecule has 1 amide bonds. The third kappa shape index (κ3) is 6.68. The molecule has 41 heavy (non-hydrogen) atoms. The molecule has 0 spiro atoms. The number of nitro groups is 1. The van der Waals surface area contributed by atoms with E-state index in [4.69, 9.17) is 4.74 Å². The number of benzene rings is 3. The molecule has 0 N–H and O–H groups in total. The molecule has 0 saturated carbocycles. The van der Waals surface area contributed by atoms with Crippen molar-refractivity contribution in [2.24, 2.45) is 0 Å². The molecule has 11 heteroatoms. The van der Waals surface area contributed by atoms with E-state index in [1.54, 1.807) is 31.0 Å². The molecule has 1 saturated heterocycles. The first-order chi connectivity index (χ1) is 20.0. The van der Waals surface area contributed by atoms with Gasteiger partial charge in [-0.3, -0.25) is 19.5 Å². The highest BCUT2D eigenvalue weighted by molar-refractivity contribution is 7.99. The molecule has 0 atom stereocenters. The summed E-state index contributed by atoms with van der Waals surface area (Å²) in [6.45, 7) is 2.98. The van der Waals surface area contributed by atoms with Crippen molar-refractivity contribution in [2.75, 3.05) is 43.9 Å². The molecule has 1 fully saturated rings. The van der Waals surface area contributed by atoms with E-state index in [2.05, 4.69) is 21.2 Å². The molecule has 4 aromatic rings. The van der Waals surface area contributed by atoms with Crippen LogP contribution in [0.3, 0.4) is 0 Å². The highest BCUT2D eigenvalue weighted by atomic mass is 32.2. The normalized spacial score (nSPS) is 13.3. The average molecular weight is 573 g/mol. The van der Waals surface area contributed by atoms with Crippen LogP contribution in [-0.4, -0.2) is 69.5 Å². The van der Waals surface area contributed by atoms with Crippen molar-refractivity contribution in [1.82, 2.24) is 19.7 Å². The Hall–Kier alpha value is -4.38. The third-order valence-corrected chi connectivity index (χ3v) is 8.07. The number of nitro benzene ring substituents is 1. The van der Waals surface area contributed by atoms with E-state index in [-0.39, 0.29) is 11.6 Å². The van der Waals surface area contributed by atoms with E-state index in [1.807, 2.05) is 58.0 Å². The number of thioether (sulfide) groups is 1. The van der Waals surface area contributed by atoms with Gasteiger partial charge in [-0.05, 0) is 49.2 Å². The number of unbranched alkanes of at least 4 members (excludes halogenated alkanes) is 1. The number of non-ortho nitro benzene ring substituents is 1. The predicted molar refractivity (Wildman–Crippen MR) is 160 cm³/mol. The summed E-state index contributed by atoms with van der Waals surface area (Å²) in [6.07, 6.45) is 2.19. The summed E-state index contributed by atoms with van der Waals surface area (Å²) in [6, 6.07) is 24.1. The van der Waals surface area contributed by atoms with Crippen molar-refractivity contribution < 1.29 is 14.5 Å². The molecule has 3 aromatic carbocycles. The molecule has 1 aromatic heterocycles. The Balaban J connectivity index is 1.14.